The molecule has 3 N–H and O–H groups in total. The van der Waals surface area contributed by atoms with Gasteiger partial charge in [0.05, 0.1) is 16.9 Å². The summed E-state index contributed by atoms with van der Waals surface area (Å²) in [5.74, 6) is 7.06. The molecule has 8 nitrogen and oxygen atoms in total. The summed E-state index contributed by atoms with van der Waals surface area (Å²) in [6.07, 6.45) is 3.79. The molecule has 1 unspecified atom stereocenters. The summed E-state index contributed by atoms with van der Waals surface area (Å²) in [6.45, 7) is 5.74. The number of nitrogens with zero attached hydrogens (tertiary/aromatic N) is 6. The van der Waals surface area contributed by atoms with Crippen molar-refractivity contribution in [3.8, 4) is 11.8 Å². The Morgan fingerprint density at radius 3 is 2.73 bits per heavy atom. The number of fused-ring (bicyclic) bond motifs is 2. The zero-order valence-electron chi connectivity index (χ0n) is 18.9. The molecular weight excluding hydrogens is 414 g/mol. The van der Waals surface area contributed by atoms with Gasteiger partial charge in [0.15, 0.2) is 5.65 Å². The number of anilines is 2. The van der Waals surface area contributed by atoms with Crippen LogP contribution in [-0.4, -0.2) is 49.0 Å². The minimum absolute atomic E-state index is 0.114. The van der Waals surface area contributed by atoms with E-state index in [0.29, 0.717) is 22.5 Å². The van der Waals surface area contributed by atoms with E-state index in [0.717, 1.165) is 54.6 Å². The molecule has 1 aliphatic rings. The van der Waals surface area contributed by atoms with Gasteiger partial charge in [-0.1, -0.05) is 31.0 Å². The SMILES string of the molecule is CCC(c1cc2ccccc2nc1N1CCCC1)n1nc(C#C[C@@H](C)O)c2c(N)ncnc21. The molecule has 2 atom stereocenters. The Bertz CT molecular complexity index is 1380. The number of benzene rings is 1. The number of hydrogen-bond acceptors (Lipinski definition) is 7. The van der Waals surface area contributed by atoms with Crippen LogP contribution in [0.4, 0.5) is 11.6 Å². The van der Waals surface area contributed by atoms with Gasteiger partial charge in [-0.15, -0.1) is 0 Å². The fraction of sp³-hybridized carbons (Fsp3) is 0.360. The van der Waals surface area contributed by atoms with E-state index in [2.05, 4.69) is 51.8 Å². The minimum atomic E-state index is -0.774. The Morgan fingerprint density at radius 2 is 1.97 bits per heavy atom. The summed E-state index contributed by atoms with van der Waals surface area (Å²) in [5, 5.41) is 16.2. The van der Waals surface area contributed by atoms with Crippen molar-refractivity contribution < 1.29 is 5.11 Å². The number of aromatic nitrogens is 5. The van der Waals surface area contributed by atoms with Gasteiger partial charge >= 0.3 is 0 Å². The maximum atomic E-state index is 9.67. The van der Waals surface area contributed by atoms with Gasteiger partial charge in [0, 0.05) is 24.0 Å². The fourth-order valence-electron chi connectivity index (χ4n) is 4.55. The van der Waals surface area contributed by atoms with E-state index in [9.17, 15) is 5.11 Å². The third-order valence-electron chi connectivity index (χ3n) is 6.10. The third-order valence-corrected chi connectivity index (χ3v) is 6.10. The lowest BCUT2D eigenvalue weighted by Gasteiger charge is -2.25. The number of para-hydroxylation sites is 1. The lowest BCUT2D eigenvalue weighted by Crippen LogP contribution is -2.23. The van der Waals surface area contributed by atoms with Crippen LogP contribution in [0.2, 0.25) is 0 Å². The van der Waals surface area contributed by atoms with Crippen LogP contribution in [0.3, 0.4) is 0 Å². The van der Waals surface area contributed by atoms with Crippen molar-refractivity contribution in [1.82, 2.24) is 24.7 Å². The Balaban J connectivity index is 1.74. The molecule has 5 rings (SSSR count). The first kappa shape index (κ1) is 21.2. The summed E-state index contributed by atoms with van der Waals surface area (Å²) in [5.41, 5.74) is 9.40. The van der Waals surface area contributed by atoms with Crippen molar-refractivity contribution in [2.75, 3.05) is 23.7 Å². The van der Waals surface area contributed by atoms with Crippen LogP contribution >= 0.6 is 0 Å². The van der Waals surface area contributed by atoms with Crippen molar-refractivity contribution >= 4 is 33.6 Å². The van der Waals surface area contributed by atoms with Gasteiger partial charge in [-0.25, -0.2) is 19.6 Å². The van der Waals surface area contributed by atoms with Crippen LogP contribution in [0.25, 0.3) is 21.9 Å². The molecule has 0 radical (unpaired) electrons. The maximum Gasteiger partial charge on any atom is 0.165 e. The molecule has 3 aromatic heterocycles. The molecule has 168 valence electrons. The molecule has 1 aromatic carbocycles. The second-order valence-corrected chi connectivity index (χ2v) is 8.41. The quantitative estimate of drug-likeness (QED) is 0.468. The van der Waals surface area contributed by atoms with E-state index < -0.39 is 6.10 Å². The Morgan fingerprint density at radius 1 is 1.18 bits per heavy atom. The molecule has 0 bridgehead atoms. The predicted octanol–water partition coefficient (Wildman–Crippen LogP) is 3.29. The van der Waals surface area contributed by atoms with Gasteiger partial charge in [-0.3, -0.25) is 0 Å². The number of aliphatic hydroxyl groups excluding tert-OH is 1. The molecular formula is C25H27N7O. The van der Waals surface area contributed by atoms with Gasteiger partial charge in [0.25, 0.3) is 0 Å². The van der Waals surface area contributed by atoms with Gasteiger partial charge in [0.1, 0.15) is 29.8 Å². The number of nitrogens with two attached hydrogens (primary N) is 1. The highest BCUT2D eigenvalue weighted by Gasteiger charge is 2.27. The van der Waals surface area contributed by atoms with Crippen LogP contribution in [0.5, 0.6) is 0 Å². The summed E-state index contributed by atoms with van der Waals surface area (Å²) >= 11 is 0. The van der Waals surface area contributed by atoms with Crippen LogP contribution in [0.15, 0.2) is 36.7 Å². The van der Waals surface area contributed by atoms with Crippen molar-refractivity contribution in [2.24, 2.45) is 0 Å². The molecule has 1 saturated heterocycles. The van der Waals surface area contributed by atoms with Crippen LogP contribution in [0.1, 0.15) is 50.4 Å². The lowest BCUT2D eigenvalue weighted by atomic mass is 10.0. The number of rotatable bonds is 4. The average Bonchev–Trinajstić information content (AvgIpc) is 3.47. The van der Waals surface area contributed by atoms with Crippen molar-refractivity contribution in [3.63, 3.8) is 0 Å². The molecule has 4 aromatic rings. The van der Waals surface area contributed by atoms with Crippen molar-refractivity contribution in [1.29, 1.82) is 0 Å². The maximum absolute atomic E-state index is 9.67. The van der Waals surface area contributed by atoms with E-state index in [1.165, 1.54) is 6.33 Å². The van der Waals surface area contributed by atoms with E-state index in [4.69, 9.17) is 15.8 Å². The number of nitrogen functional groups attached to an aromatic ring is 1. The summed E-state index contributed by atoms with van der Waals surface area (Å²) in [7, 11) is 0. The molecule has 0 spiro atoms. The van der Waals surface area contributed by atoms with Gasteiger partial charge in [-0.2, -0.15) is 5.10 Å². The Kier molecular flexibility index (Phi) is 5.56. The van der Waals surface area contributed by atoms with E-state index in [1.54, 1.807) is 6.92 Å². The number of pyridine rings is 1. The molecule has 1 fully saturated rings. The first-order valence-corrected chi connectivity index (χ1v) is 11.4. The molecule has 0 amide bonds. The summed E-state index contributed by atoms with van der Waals surface area (Å²) in [4.78, 5) is 16.1. The first-order chi connectivity index (χ1) is 16.1. The third kappa shape index (κ3) is 3.85. The lowest BCUT2D eigenvalue weighted by molar-refractivity contribution is 0.253. The zero-order chi connectivity index (χ0) is 22.9. The Hall–Kier alpha value is -3.70. The molecule has 33 heavy (non-hydrogen) atoms. The highest BCUT2D eigenvalue weighted by atomic mass is 16.3. The molecule has 0 aliphatic carbocycles. The second kappa shape index (κ2) is 8.68. The largest absolute Gasteiger partial charge is 0.383 e. The average molecular weight is 442 g/mol. The summed E-state index contributed by atoms with van der Waals surface area (Å²) in [6, 6.07) is 10.3. The van der Waals surface area contributed by atoms with Gasteiger partial charge in [0.2, 0.25) is 0 Å². The number of aliphatic hydroxyl groups is 1. The predicted molar refractivity (Wildman–Crippen MR) is 130 cm³/mol. The number of hydrogen-bond donors (Lipinski definition) is 2. The second-order valence-electron chi connectivity index (χ2n) is 8.41. The van der Waals surface area contributed by atoms with Crippen LogP contribution in [-0.2, 0) is 0 Å². The van der Waals surface area contributed by atoms with E-state index in [1.807, 2.05) is 16.8 Å². The molecule has 1 aliphatic heterocycles. The molecule has 0 saturated carbocycles. The zero-order valence-corrected chi connectivity index (χ0v) is 18.9. The molecule has 8 heteroatoms. The van der Waals surface area contributed by atoms with Crippen molar-refractivity contribution in [3.05, 3.63) is 47.9 Å². The van der Waals surface area contributed by atoms with E-state index in [-0.39, 0.29) is 6.04 Å². The Labute approximate surface area is 192 Å². The highest BCUT2D eigenvalue weighted by Crippen LogP contribution is 2.36. The van der Waals surface area contributed by atoms with E-state index >= 15 is 0 Å². The van der Waals surface area contributed by atoms with Crippen LogP contribution in [0, 0.1) is 11.8 Å². The first-order valence-electron chi connectivity index (χ1n) is 11.4. The fourth-order valence-corrected chi connectivity index (χ4v) is 4.55. The molecule has 4 heterocycles. The highest BCUT2D eigenvalue weighted by molar-refractivity contribution is 5.91. The van der Waals surface area contributed by atoms with Gasteiger partial charge in [-0.05, 0) is 44.2 Å². The minimum Gasteiger partial charge on any atom is -0.383 e. The monoisotopic (exact) mass is 441 g/mol. The smallest absolute Gasteiger partial charge is 0.165 e. The summed E-state index contributed by atoms with van der Waals surface area (Å²) < 4.78 is 1.89. The van der Waals surface area contributed by atoms with Crippen LogP contribution < -0.4 is 10.6 Å². The standard InChI is InChI=1S/C25H27N7O/c1-3-21(32-25-22(23(26)27-15-28-25)20(30-32)11-10-16(2)33)18-14-17-8-4-5-9-19(17)29-24(18)31-12-6-7-13-31/h4-5,8-9,14-16,21,33H,3,6-7,12-13H2,1-2H3,(H2,26,27,28)/t16-,21?/m1/s1. The topological polar surface area (TPSA) is 106 Å². The van der Waals surface area contributed by atoms with Gasteiger partial charge < -0.3 is 15.7 Å². The van der Waals surface area contributed by atoms with Crippen molar-refractivity contribution in [2.45, 2.75) is 45.3 Å². The normalized spacial score (nSPS) is 15.5.